The number of ether oxygens (including phenoxy) is 1. The standard InChI is InChI=1S/C21H20ClN5O2S/c22-18-7-12-3-6-29-21(19(12)30-18)4-5-23-16(9-21)17-11-27(26-25-17)14-2-1-13-10-24-20(28)15(13)8-14/h1-2,7-8,11,16,23H,3-6,9-10H2,(H,24,28)/t16-,21-/m0/s1. The van der Waals surface area contributed by atoms with Crippen molar-refractivity contribution >= 4 is 28.8 Å². The van der Waals surface area contributed by atoms with Gasteiger partial charge in [-0.1, -0.05) is 22.9 Å². The Morgan fingerprint density at radius 2 is 2.23 bits per heavy atom. The number of amides is 1. The molecule has 2 aromatic heterocycles. The number of nitrogens with one attached hydrogen (secondary N) is 2. The number of hydrogen-bond donors (Lipinski definition) is 2. The van der Waals surface area contributed by atoms with Crippen LogP contribution in [0.3, 0.4) is 0 Å². The number of fused-ring (bicyclic) bond motifs is 3. The molecule has 0 aliphatic carbocycles. The van der Waals surface area contributed by atoms with E-state index in [2.05, 4.69) is 27.0 Å². The van der Waals surface area contributed by atoms with Crippen LogP contribution in [0.15, 0.2) is 30.5 Å². The van der Waals surface area contributed by atoms with Gasteiger partial charge in [-0.25, -0.2) is 4.68 Å². The molecule has 30 heavy (non-hydrogen) atoms. The van der Waals surface area contributed by atoms with Gasteiger partial charge < -0.3 is 15.4 Å². The number of halogens is 1. The Morgan fingerprint density at radius 1 is 1.30 bits per heavy atom. The zero-order chi connectivity index (χ0) is 20.3. The van der Waals surface area contributed by atoms with E-state index in [1.165, 1.54) is 10.4 Å². The van der Waals surface area contributed by atoms with Crippen LogP contribution in [0, 0.1) is 0 Å². The lowest BCUT2D eigenvalue weighted by atomic mass is 9.82. The summed E-state index contributed by atoms with van der Waals surface area (Å²) in [6, 6.07) is 7.93. The number of carbonyl (C=O) groups is 1. The van der Waals surface area contributed by atoms with Crippen molar-refractivity contribution in [2.45, 2.75) is 37.5 Å². The Hall–Kier alpha value is -2.26. The monoisotopic (exact) mass is 441 g/mol. The molecule has 0 unspecified atom stereocenters. The molecule has 1 saturated heterocycles. The summed E-state index contributed by atoms with van der Waals surface area (Å²) in [5, 5.41) is 15.2. The smallest absolute Gasteiger partial charge is 0.251 e. The molecule has 0 saturated carbocycles. The van der Waals surface area contributed by atoms with Crippen molar-refractivity contribution in [3.63, 3.8) is 0 Å². The third-order valence-corrected chi connectivity index (χ3v) is 7.80. The molecule has 1 amide bonds. The maximum atomic E-state index is 12.0. The van der Waals surface area contributed by atoms with E-state index in [1.54, 1.807) is 16.0 Å². The molecular weight excluding hydrogens is 422 g/mol. The van der Waals surface area contributed by atoms with E-state index < -0.39 is 0 Å². The van der Waals surface area contributed by atoms with Gasteiger partial charge in [-0.3, -0.25) is 4.79 Å². The van der Waals surface area contributed by atoms with Crippen molar-refractivity contribution in [1.29, 1.82) is 0 Å². The third kappa shape index (κ3) is 2.90. The molecule has 0 radical (unpaired) electrons. The minimum atomic E-state index is -0.309. The van der Waals surface area contributed by atoms with Crippen LogP contribution in [0.25, 0.3) is 5.69 Å². The van der Waals surface area contributed by atoms with E-state index in [0.29, 0.717) is 12.1 Å². The molecule has 1 fully saturated rings. The second-order valence-corrected chi connectivity index (χ2v) is 9.75. The highest BCUT2D eigenvalue weighted by atomic mass is 35.5. The van der Waals surface area contributed by atoms with Gasteiger partial charge in [-0.05, 0) is 48.7 Å². The second kappa shape index (κ2) is 6.88. The van der Waals surface area contributed by atoms with Crippen LogP contribution in [0.1, 0.15) is 50.9 Å². The SMILES string of the molecule is O=C1NCc2ccc(-n3cc([C@@H]4C[C@]5(CCN4)OCCc4cc(Cl)sc45)nn3)cc21. The molecule has 154 valence electrons. The average molecular weight is 442 g/mol. The average Bonchev–Trinajstić information content (AvgIpc) is 3.47. The Kier molecular flexibility index (Phi) is 4.24. The van der Waals surface area contributed by atoms with E-state index in [1.807, 2.05) is 24.4 Å². The molecule has 3 aliphatic heterocycles. The summed E-state index contributed by atoms with van der Waals surface area (Å²) < 4.78 is 8.92. The summed E-state index contributed by atoms with van der Waals surface area (Å²) in [6.07, 6.45) is 4.57. The highest BCUT2D eigenvalue weighted by molar-refractivity contribution is 7.16. The van der Waals surface area contributed by atoms with Gasteiger partial charge in [-0.15, -0.1) is 16.4 Å². The summed E-state index contributed by atoms with van der Waals surface area (Å²) in [6.45, 7) is 2.14. The lowest BCUT2D eigenvalue weighted by Crippen LogP contribution is -2.45. The van der Waals surface area contributed by atoms with Crippen LogP contribution in [-0.4, -0.2) is 34.1 Å². The quantitative estimate of drug-likeness (QED) is 0.638. The summed E-state index contributed by atoms with van der Waals surface area (Å²) >= 11 is 7.96. The fourth-order valence-corrected chi connectivity index (χ4v) is 6.27. The number of rotatable bonds is 2. The highest BCUT2D eigenvalue weighted by Gasteiger charge is 2.44. The van der Waals surface area contributed by atoms with Gasteiger partial charge in [0.1, 0.15) is 11.3 Å². The molecule has 9 heteroatoms. The van der Waals surface area contributed by atoms with Crippen molar-refractivity contribution < 1.29 is 9.53 Å². The topological polar surface area (TPSA) is 81.1 Å². The molecule has 1 spiro atoms. The summed E-state index contributed by atoms with van der Waals surface area (Å²) in [5.74, 6) is -0.0389. The van der Waals surface area contributed by atoms with Crippen molar-refractivity contribution in [3.8, 4) is 5.69 Å². The summed E-state index contributed by atoms with van der Waals surface area (Å²) in [7, 11) is 0. The Labute approximate surface area is 182 Å². The van der Waals surface area contributed by atoms with Gasteiger partial charge in [0.25, 0.3) is 5.91 Å². The Bertz CT molecular complexity index is 1160. The summed E-state index contributed by atoms with van der Waals surface area (Å²) in [5.41, 5.74) is 4.43. The van der Waals surface area contributed by atoms with E-state index in [9.17, 15) is 4.79 Å². The maximum Gasteiger partial charge on any atom is 0.251 e. The van der Waals surface area contributed by atoms with E-state index in [0.717, 1.165) is 53.7 Å². The van der Waals surface area contributed by atoms with Crippen LogP contribution in [-0.2, 0) is 23.3 Å². The lowest BCUT2D eigenvalue weighted by Gasteiger charge is -2.43. The number of carbonyl (C=O) groups excluding carboxylic acids is 1. The molecule has 3 aromatic rings. The third-order valence-electron chi connectivity index (χ3n) is 6.31. The van der Waals surface area contributed by atoms with Crippen molar-refractivity contribution in [3.05, 3.63) is 62.1 Å². The van der Waals surface area contributed by atoms with Gasteiger partial charge in [-0.2, -0.15) is 0 Å². The van der Waals surface area contributed by atoms with Crippen LogP contribution in [0.4, 0.5) is 0 Å². The fraction of sp³-hybridized carbons (Fsp3) is 0.381. The first-order valence-corrected chi connectivity index (χ1v) is 11.3. The molecule has 6 rings (SSSR count). The molecular formula is C21H20ClN5O2S. The Morgan fingerprint density at radius 3 is 3.17 bits per heavy atom. The number of benzene rings is 1. The van der Waals surface area contributed by atoms with Crippen LogP contribution < -0.4 is 10.6 Å². The van der Waals surface area contributed by atoms with Gasteiger partial charge in [0.15, 0.2) is 0 Å². The van der Waals surface area contributed by atoms with Gasteiger partial charge in [0.05, 0.1) is 28.9 Å². The molecule has 2 N–H and O–H groups in total. The normalized spacial score (nSPS) is 25.2. The van der Waals surface area contributed by atoms with E-state index >= 15 is 0 Å². The van der Waals surface area contributed by atoms with Gasteiger partial charge >= 0.3 is 0 Å². The number of nitrogens with zero attached hydrogens (tertiary/aromatic N) is 3. The molecule has 3 aliphatic rings. The van der Waals surface area contributed by atoms with Crippen molar-refractivity contribution in [2.75, 3.05) is 13.2 Å². The van der Waals surface area contributed by atoms with Crippen LogP contribution in [0.2, 0.25) is 4.34 Å². The number of hydrogen-bond acceptors (Lipinski definition) is 6. The number of aromatic nitrogens is 3. The lowest BCUT2D eigenvalue weighted by molar-refractivity contribution is -0.0871. The molecule has 1 aromatic carbocycles. The molecule has 2 atom stereocenters. The zero-order valence-corrected chi connectivity index (χ0v) is 17.7. The maximum absolute atomic E-state index is 12.0. The predicted octanol–water partition coefficient (Wildman–Crippen LogP) is 3.12. The van der Waals surface area contributed by atoms with Crippen LogP contribution in [0.5, 0.6) is 0 Å². The minimum Gasteiger partial charge on any atom is -0.369 e. The first-order valence-electron chi connectivity index (χ1n) is 10.1. The molecule has 7 nitrogen and oxygen atoms in total. The summed E-state index contributed by atoms with van der Waals surface area (Å²) in [4.78, 5) is 13.3. The predicted molar refractivity (Wildman–Crippen MR) is 113 cm³/mol. The fourth-order valence-electron chi connectivity index (χ4n) is 4.79. The van der Waals surface area contributed by atoms with Crippen molar-refractivity contribution in [2.24, 2.45) is 0 Å². The van der Waals surface area contributed by atoms with Crippen molar-refractivity contribution in [1.82, 2.24) is 25.6 Å². The Balaban J connectivity index is 1.29. The zero-order valence-electron chi connectivity index (χ0n) is 16.2. The molecule has 5 heterocycles. The van der Waals surface area contributed by atoms with E-state index in [-0.39, 0.29) is 17.6 Å². The first kappa shape index (κ1) is 18.5. The second-order valence-electron chi connectivity index (χ2n) is 8.07. The molecule has 0 bridgehead atoms. The van der Waals surface area contributed by atoms with E-state index in [4.69, 9.17) is 16.3 Å². The number of thiophene rings is 1. The minimum absolute atomic E-state index is 0.0389. The largest absolute Gasteiger partial charge is 0.369 e. The first-order chi connectivity index (χ1) is 14.6. The van der Waals surface area contributed by atoms with Crippen LogP contribution >= 0.6 is 22.9 Å². The number of piperidine rings is 1. The van der Waals surface area contributed by atoms with Gasteiger partial charge in [0, 0.05) is 23.4 Å². The highest BCUT2D eigenvalue weighted by Crippen LogP contribution is 2.48. The van der Waals surface area contributed by atoms with Gasteiger partial charge in [0.2, 0.25) is 0 Å².